The van der Waals surface area contributed by atoms with E-state index in [1.54, 1.807) is 22.7 Å². The van der Waals surface area contributed by atoms with Crippen molar-refractivity contribution in [1.29, 1.82) is 0 Å². The van der Waals surface area contributed by atoms with Crippen molar-refractivity contribution in [2.45, 2.75) is 104 Å². The minimum absolute atomic E-state index is 1.00. The molecule has 6 rings (SSSR count). The van der Waals surface area contributed by atoms with E-state index in [0.29, 0.717) is 0 Å². The zero-order chi connectivity index (χ0) is 32.3. The van der Waals surface area contributed by atoms with Crippen LogP contribution in [0.4, 0.5) is 0 Å². The Morgan fingerprint density at radius 3 is 1.26 bits per heavy atom. The summed E-state index contributed by atoms with van der Waals surface area (Å²) < 4.78 is 9.72. The van der Waals surface area contributed by atoms with Crippen molar-refractivity contribution in [2.24, 2.45) is 0 Å². The second kappa shape index (κ2) is 17.3. The fourth-order valence-corrected chi connectivity index (χ4v) is 9.11. The lowest BCUT2D eigenvalue weighted by atomic mass is 9.96. The summed E-state index contributed by atoms with van der Waals surface area (Å²) in [6.45, 7) is 4.56. The highest BCUT2D eigenvalue weighted by atomic mass is 32.1. The number of rotatable bonds is 18. The van der Waals surface area contributed by atoms with Crippen LogP contribution in [0.15, 0.2) is 83.6 Å². The lowest BCUT2D eigenvalue weighted by Gasteiger charge is -2.10. The van der Waals surface area contributed by atoms with Crippen LogP contribution in [0.5, 0.6) is 0 Å². The first-order valence-corrected chi connectivity index (χ1v) is 20.4. The smallest absolute Gasteiger partial charge is 0.114 e. The fraction of sp³-hybridized carbons (Fsp3) is 0.381. The summed E-state index contributed by atoms with van der Waals surface area (Å²) in [7, 11) is 0. The quantitative estimate of drug-likeness (QED) is 0.0847. The standard InChI is InChI=1S/C42H48N2S3/c1-3-5-7-9-11-13-15-31-17-21-33(22-18-31)35-27-29-45-41(35)37-25-26-38(40-39(37)43-47-44-40)42-36(28-30-46-42)34-23-19-32(20-24-34)16-14-12-10-8-6-4-2/h17-30H,3-16H2,1-2H3. The molecule has 0 bridgehead atoms. The number of thiophene rings is 2. The SMILES string of the molecule is CCCCCCCCc1ccc(-c2ccsc2-c2ccc(-c3sccc3-c3ccc(CCCCCCCC)cc3)c3nsnc23)cc1. The van der Waals surface area contributed by atoms with E-state index in [0.717, 1.165) is 11.0 Å². The van der Waals surface area contributed by atoms with Crippen molar-refractivity contribution >= 4 is 45.4 Å². The monoisotopic (exact) mass is 676 g/mol. The Morgan fingerprint density at radius 1 is 0.426 bits per heavy atom. The maximum absolute atomic E-state index is 4.86. The summed E-state index contributed by atoms with van der Waals surface area (Å²) in [5, 5.41) is 4.42. The van der Waals surface area contributed by atoms with E-state index in [2.05, 4.69) is 97.4 Å². The van der Waals surface area contributed by atoms with Gasteiger partial charge in [-0.3, -0.25) is 0 Å². The maximum atomic E-state index is 4.86. The zero-order valence-corrected chi connectivity index (χ0v) is 30.6. The lowest BCUT2D eigenvalue weighted by molar-refractivity contribution is 0.607. The van der Waals surface area contributed by atoms with Gasteiger partial charge in [0.15, 0.2) is 0 Å². The predicted molar refractivity (Wildman–Crippen MR) is 209 cm³/mol. The molecule has 5 heteroatoms. The van der Waals surface area contributed by atoms with Gasteiger partial charge in [-0.05, 0) is 70.8 Å². The molecule has 0 spiro atoms. The number of aryl methyl sites for hydroxylation is 2. The van der Waals surface area contributed by atoms with Gasteiger partial charge in [0.2, 0.25) is 0 Å². The highest BCUT2D eigenvalue weighted by Gasteiger charge is 2.20. The first-order valence-electron chi connectivity index (χ1n) is 17.9. The van der Waals surface area contributed by atoms with E-state index >= 15 is 0 Å². The highest BCUT2D eigenvalue weighted by molar-refractivity contribution is 7.14. The third kappa shape index (κ3) is 8.49. The van der Waals surface area contributed by atoms with Crippen molar-refractivity contribution in [2.75, 3.05) is 0 Å². The second-order valence-corrected chi connectivity index (χ2v) is 15.2. The van der Waals surface area contributed by atoms with Crippen molar-refractivity contribution in [3.63, 3.8) is 0 Å². The van der Waals surface area contributed by atoms with Crippen molar-refractivity contribution in [1.82, 2.24) is 8.75 Å². The van der Waals surface area contributed by atoms with Gasteiger partial charge < -0.3 is 0 Å². The minimum atomic E-state index is 1.00. The average Bonchev–Trinajstić information content (AvgIpc) is 3.90. The van der Waals surface area contributed by atoms with Crippen LogP contribution in [0.1, 0.15) is 102 Å². The second-order valence-electron chi connectivity index (χ2n) is 12.9. The molecule has 3 heterocycles. The Morgan fingerprint density at radius 2 is 0.830 bits per heavy atom. The Hall–Kier alpha value is -3.12. The van der Waals surface area contributed by atoms with Gasteiger partial charge in [0.25, 0.3) is 0 Å². The molecule has 0 aliphatic heterocycles. The summed E-state index contributed by atoms with van der Waals surface area (Å²) in [4.78, 5) is 2.54. The van der Waals surface area contributed by atoms with Crippen molar-refractivity contribution in [3.8, 4) is 43.1 Å². The molecule has 47 heavy (non-hydrogen) atoms. The van der Waals surface area contributed by atoms with Gasteiger partial charge in [-0.2, -0.15) is 8.75 Å². The topological polar surface area (TPSA) is 25.8 Å². The Balaban J connectivity index is 1.17. The summed E-state index contributed by atoms with van der Waals surface area (Å²) in [6, 6.07) is 27.6. The number of aromatic nitrogens is 2. The summed E-state index contributed by atoms with van der Waals surface area (Å²) in [5.74, 6) is 0. The number of benzene rings is 3. The molecule has 0 unspecified atom stereocenters. The molecule has 6 aromatic rings. The third-order valence-electron chi connectivity index (χ3n) is 9.40. The molecule has 0 amide bonds. The maximum Gasteiger partial charge on any atom is 0.114 e. The summed E-state index contributed by atoms with van der Waals surface area (Å²) in [6.07, 6.45) is 18.4. The van der Waals surface area contributed by atoms with Crippen LogP contribution in [0.25, 0.3) is 54.2 Å². The van der Waals surface area contributed by atoms with Crippen LogP contribution in [0, 0.1) is 0 Å². The highest BCUT2D eigenvalue weighted by Crippen LogP contribution is 2.45. The van der Waals surface area contributed by atoms with Gasteiger partial charge >= 0.3 is 0 Å². The molecular weight excluding hydrogens is 629 g/mol. The molecule has 244 valence electrons. The van der Waals surface area contributed by atoms with Crippen molar-refractivity contribution < 1.29 is 0 Å². The number of nitrogens with zero attached hydrogens (tertiary/aromatic N) is 2. The number of hydrogen-bond donors (Lipinski definition) is 0. The molecule has 0 fully saturated rings. The molecule has 0 aliphatic carbocycles. The van der Waals surface area contributed by atoms with E-state index < -0.39 is 0 Å². The van der Waals surface area contributed by atoms with Crippen LogP contribution >= 0.6 is 34.4 Å². The number of hydrogen-bond acceptors (Lipinski definition) is 5. The van der Waals surface area contributed by atoms with Crippen LogP contribution in [0.2, 0.25) is 0 Å². The largest absolute Gasteiger partial charge is 0.172 e. The number of unbranched alkanes of at least 4 members (excludes halogenated alkanes) is 10. The van der Waals surface area contributed by atoms with E-state index in [4.69, 9.17) is 8.75 Å². The van der Waals surface area contributed by atoms with Gasteiger partial charge in [0.05, 0.1) is 11.7 Å². The molecule has 2 nitrogen and oxygen atoms in total. The lowest BCUT2D eigenvalue weighted by Crippen LogP contribution is -1.89. The zero-order valence-electron chi connectivity index (χ0n) is 28.1. The Bertz CT molecular complexity index is 1680. The normalized spacial score (nSPS) is 11.5. The third-order valence-corrected chi connectivity index (χ3v) is 11.8. The molecule has 0 N–H and O–H groups in total. The average molecular weight is 677 g/mol. The van der Waals surface area contributed by atoms with E-state index in [1.165, 1.54) is 156 Å². The van der Waals surface area contributed by atoms with Crippen LogP contribution < -0.4 is 0 Å². The Kier molecular flexibility index (Phi) is 12.5. The molecule has 0 saturated heterocycles. The van der Waals surface area contributed by atoms with Crippen LogP contribution in [0.3, 0.4) is 0 Å². The van der Waals surface area contributed by atoms with Crippen LogP contribution in [-0.4, -0.2) is 8.75 Å². The van der Waals surface area contributed by atoms with Gasteiger partial charge in [-0.15, -0.1) is 22.7 Å². The molecule has 3 aromatic carbocycles. The molecule has 0 radical (unpaired) electrons. The summed E-state index contributed by atoms with van der Waals surface area (Å²) >= 11 is 4.91. The van der Waals surface area contributed by atoms with Gasteiger partial charge in [0, 0.05) is 32.0 Å². The first-order chi connectivity index (χ1) is 23.3. The molecular formula is C42H48N2S3. The molecule has 3 aromatic heterocycles. The van der Waals surface area contributed by atoms with E-state index in [-0.39, 0.29) is 0 Å². The fourth-order valence-electron chi connectivity index (χ4n) is 6.64. The summed E-state index contributed by atoms with van der Waals surface area (Å²) in [5.41, 5.74) is 12.3. The first kappa shape index (κ1) is 33.8. The van der Waals surface area contributed by atoms with E-state index in [1.807, 2.05) is 0 Å². The van der Waals surface area contributed by atoms with Crippen molar-refractivity contribution in [3.05, 3.63) is 94.7 Å². The molecule has 0 saturated carbocycles. The predicted octanol–water partition coefficient (Wildman–Crippen LogP) is 14.3. The number of fused-ring (bicyclic) bond motifs is 1. The van der Waals surface area contributed by atoms with Gasteiger partial charge in [-0.1, -0.05) is 139 Å². The van der Waals surface area contributed by atoms with Crippen LogP contribution in [-0.2, 0) is 12.8 Å². The van der Waals surface area contributed by atoms with Gasteiger partial charge in [-0.25, -0.2) is 0 Å². The molecule has 0 atom stereocenters. The Labute approximate surface area is 294 Å². The minimum Gasteiger partial charge on any atom is -0.172 e. The van der Waals surface area contributed by atoms with Gasteiger partial charge in [0.1, 0.15) is 11.0 Å². The van der Waals surface area contributed by atoms with E-state index in [9.17, 15) is 0 Å². The molecule has 0 aliphatic rings.